The van der Waals surface area contributed by atoms with Gasteiger partial charge in [-0.25, -0.2) is 0 Å². The summed E-state index contributed by atoms with van der Waals surface area (Å²) in [4.78, 5) is 40.5. The van der Waals surface area contributed by atoms with Gasteiger partial charge in [0.25, 0.3) is 11.5 Å². The number of fused-ring (bicyclic) bond motifs is 1. The molecule has 0 bridgehead atoms. The summed E-state index contributed by atoms with van der Waals surface area (Å²) in [6, 6.07) is 6.12. The van der Waals surface area contributed by atoms with E-state index in [9.17, 15) is 14.4 Å². The molecule has 0 radical (unpaired) electrons. The first-order valence-electron chi connectivity index (χ1n) is 6.86. The lowest BCUT2D eigenvalue weighted by Gasteiger charge is -2.25. The number of hydrogen-bond acceptors (Lipinski definition) is 3. The van der Waals surface area contributed by atoms with Crippen molar-refractivity contribution in [1.29, 1.82) is 0 Å². The van der Waals surface area contributed by atoms with Crippen molar-refractivity contribution in [1.82, 2.24) is 15.3 Å². The van der Waals surface area contributed by atoms with Gasteiger partial charge in [0.05, 0.1) is 6.04 Å². The predicted molar refractivity (Wildman–Crippen MR) is 77.3 cm³/mol. The Morgan fingerprint density at radius 3 is 2.90 bits per heavy atom. The van der Waals surface area contributed by atoms with Gasteiger partial charge < -0.3 is 15.3 Å². The topological polar surface area (TPSA) is 94.8 Å². The summed E-state index contributed by atoms with van der Waals surface area (Å²) in [5, 5.41) is 2.87. The molecule has 1 atom stereocenters. The first-order valence-corrected chi connectivity index (χ1v) is 6.86. The quantitative estimate of drug-likeness (QED) is 0.764. The second-order valence-electron chi connectivity index (χ2n) is 5.09. The van der Waals surface area contributed by atoms with Gasteiger partial charge in [-0.3, -0.25) is 14.4 Å². The third-order valence-corrected chi connectivity index (χ3v) is 3.70. The van der Waals surface area contributed by atoms with Crippen LogP contribution in [0.15, 0.2) is 40.1 Å². The largest absolute Gasteiger partial charge is 0.345 e. The molecule has 0 spiro atoms. The van der Waals surface area contributed by atoms with E-state index < -0.39 is 11.5 Å². The van der Waals surface area contributed by atoms with Crippen molar-refractivity contribution in [2.75, 3.05) is 0 Å². The summed E-state index contributed by atoms with van der Waals surface area (Å²) in [5.41, 5.74) is 1.32. The SMILES string of the molecule is O=C(NC1CCCc2[nH]c(=O)ccc21)c1ccc[nH]c1=O. The lowest BCUT2D eigenvalue weighted by atomic mass is 9.91. The van der Waals surface area contributed by atoms with Crippen molar-refractivity contribution in [3.05, 3.63) is 68.0 Å². The number of aromatic amines is 2. The zero-order valence-electron chi connectivity index (χ0n) is 11.3. The number of carbonyl (C=O) groups excluding carboxylic acids is 1. The highest BCUT2D eigenvalue weighted by Gasteiger charge is 2.23. The van der Waals surface area contributed by atoms with Crippen LogP contribution in [0.5, 0.6) is 0 Å². The Balaban J connectivity index is 1.87. The van der Waals surface area contributed by atoms with Gasteiger partial charge in [0.1, 0.15) is 5.56 Å². The smallest absolute Gasteiger partial charge is 0.260 e. The molecule has 0 aliphatic heterocycles. The molecule has 0 aromatic carbocycles. The Morgan fingerprint density at radius 1 is 1.24 bits per heavy atom. The van der Waals surface area contributed by atoms with Gasteiger partial charge in [0.2, 0.25) is 5.56 Å². The summed E-state index contributed by atoms with van der Waals surface area (Å²) >= 11 is 0. The van der Waals surface area contributed by atoms with Crippen LogP contribution in [-0.2, 0) is 6.42 Å². The van der Waals surface area contributed by atoms with Crippen LogP contribution in [-0.4, -0.2) is 15.9 Å². The number of pyridine rings is 2. The van der Waals surface area contributed by atoms with E-state index in [-0.39, 0.29) is 17.2 Å². The number of hydrogen-bond donors (Lipinski definition) is 3. The van der Waals surface area contributed by atoms with Crippen LogP contribution in [0.4, 0.5) is 0 Å². The Hall–Kier alpha value is -2.63. The standard InChI is InChI=1S/C15H15N3O3/c19-13-7-6-9-11(17-13)4-1-5-12(9)18-15(21)10-3-2-8-16-14(10)20/h2-3,6-8,12H,1,4-5H2,(H,16,20)(H,17,19)(H,18,21). The summed E-state index contributed by atoms with van der Waals surface area (Å²) in [7, 11) is 0. The molecule has 6 nitrogen and oxygen atoms in total. The maximum atomic E-state index is 12.2. The number of aromatic nitrogens is 2. The summed E-state index contributed by atoms with van der Waals surface area (Å²) in [6.07, 6.45) is 3.95. The fourth-order valence-corrected chi connectivity index (χ4v) is 2.69. The number of H-pyrrole nitrogens is 2. The number of rotatable bonds is 2. The second-order valence-corrected chi connectivity index (χ2v) is 5.09. The van der Waals surface area contributed by atoms with Crippen molar-refractivity contribution in [3.8, 4) is 0 Å². The van der Waals surface area contributed by atoms with Crippen molar-refractivity contribution in [2.45, 2.75) is 25.3 Å². The van der Waals surface area contributed by atoms with Crippen LogP contribution in [0.3, 0.4) is 0 Å². The minimum Gasteiger partial charge on any atom is -0.345 e. The van der Waals surface area contributed by atoms with Crippen LogP contribution in [0.25, 0.3) is 0 Å². The fourth-order valence-electron chi connectivity index (χ4n) is 2.69. The number of amides is 1. The first-order chi connectivity index (χ1) is 10.1. The highest BCUT2D eigenvalue weighted by molar-refractivity contribution is 5.94. The average molecular weight is 285 g/mol. The molecule has 2 aromatic heterocycles. The number of carbonyl (C=O) groups is 1. The van der Waals surface area contributed by atoms with E-state index in [0.29, 0.717) is 0 Å². The highest BCUT2D eigenvalue weighted by atomic mass is 16.2. The van der Waals surface area contributed by atoms with E-state index in [1.807, 2.05) is 0 Å². The third kappa shape index (κ3) is 2.65. The van der Waals surface area contributed by atoms with Crippen LogP contribution in [0.1, 0.15) is 40.5 Å². The van der Waals surface area contributed by atoms with Crippen LogP contribution >= 0.6 is 0 Å². The molecule has 1 aliphatic carbocycles. The van der Waals surface area contributed by atoms with E-state index in [1.54, 1.807) is 12.1 Å². The zero-order valence-corrected chi connectivity index (χ0v) is 11.3. The molecular weight excluding hydrogens is 270 g/mol. The molecule has 3 N–H and O–H groups in total. The van der Waals surface area contributed by atoms with E-state index in [4.69, 9.17) is 0 Å². The summed E-state index contributed by atoms with van der Waals surface area (Å²) < 4.78 is 0. The lowest BCUT2D eigenvalue weighted by Crippen LogP contribution is -2.35. The maximum Gasteiger partial charge on any atom is 0.260 e. The summed E-state index contributed by atoms with van der Waals surface area (Å²) in [6.45, 7) is 0. The van der Waals surface area contributed by atoms with Crippen molar-refractivity contribution in [2.24, 2.45) is 0 Å². The predicted octanol–water partition coefficient (Wildman–Crippen LogP) is 0.871. The van der Waals surface area contributed by atoms with Gasteiger partial charge in [-0.1, -0.05) is 0 Å². The third-order valence-electron chi connectivity index (χ3n) is 3.70. The fraction of sp³-hybridized carbons (Fsp3) is 0.267. The van der Waals surface area contributed by atoms with Gasteiger partial charge >= 0.3 is 0 Å². The molecule has 0 fully saturated rings. The molecule has 2 heterocycles. The minimum atomic E-state index is -0.410. The van der Waals surface area contributed by atoms with Crippen molar-refractivity contribution < 1.29 is 4.79 Å². The molecule has 0 saturated heterocycles. The molecular formula is C15H15N3O3. The van der Waals surface area contributed by atoms with Crippen molar-refractivity contribution >= 4 is 5.91 Å². The minimum absolute atomic E-state index is 0.0917. The summed E-state index contributed by atoms with van der Waals surface area (Å²) in [5.74, 6) is -0.402. The Labute approximate surface area is 120 Å². The van der Waals surface area contributed by atoms with Gasteiger partial charge in [-0.15, -0.1) is 0 Å². The molecule has 1 unspecified atom stereocenters. The van der Waals surface area contributed by atoms with Gasteiger partial charge in [-0.05, 0) is 43.0 Å². The van der Waals surface area contributed by atoms with Crippen LogP contribution in [0, 0.1) is 0 Å². The highest BCUT2D eigenvalue weighted by Crippen LogP contribution is 2.27. The van der Waals surface area contributed by atoms with Crippen LogP contribution < -0.4 is 16.4 Å². The molecule has 0 saturated carbocycles. The normalized spacial score (nSPS) is 17.0. The van der Waals surface area contributed by atoms with E-state index in [0.717, 1.165) is 30.5 Å². The maximum absolute atomic E-state index is 12.2. The number of nitrogens with one attached hydrogen (secondary N) is 3. The number of aryl methyl sites for hydroxylation is 1. The lowest BCUT2D eigenvalue weighted by molar-refractivity contribution is 0.0931. The van der Waals surface area contributed by atoms with Gasteiger partial charge in [0.15, 0.2) is 0 Å². The second kappa shape index (κ2) is 5.40. The van der Waals surface area contributed by atoms with Gasteiger partial charge in [0, 0.05) is 18.0 Å². The molecule has 1 aliphatic rings. The molecule has 1 amide bonds. The first kappa shape index (κ1) is 13.4. The molecule has 3 rings (SSSR count). The molecule has 6 heteroatoms. The molecule has 21 heavy (non-hydrogen) atoms. The van der Waals surface area contributed by atoms with E-state index in [1.165, 1.54) is 18.3 Å². The van der Waals surface area contributed by atoms with E-state index in [2.05, 4.69) is 15.3 Å². The van der Waals surface area contributed by atoms with Gasteiger partial charge in [-0.2, -0.15) is 0 Å². The Kier molecular flexibility index (Phi) is 3.43. The molecule has 108 valence electrons. The Bertz CT molecular complexity index is 791. The van der Waals surface area contributed by atoms with Crippen LogP contribution in [0.2, 0.25) is 0 Å². The molecule has 2 aromatic rings. The van der Waals surface area contributed by atoms with Crippen molar-refractivity contribution in [3.63, 3.8) is 0 Å². The van der Waals surface area contributed by atoms with E-state index >= 15 is 0 Å². The zero-order chi connectivity index (χ0) is 14.8. The Morgan fingerprint density at radius 2 is 2.10 bits per heavy atom. The average Bonchev–Trinajstić information content (AvgIpc) is 2.47. The monoisotopic (exact) mass is 285 g/mol.